The first-order valence-electron chi connectivity index (χ1n) is 4.68. The molecule has 4 heteroatoms. The molecule has 0 aromatic carbocycles. The smallest absolute Gasteiger partial charge is 0.289 e. The van der Waals surface area contributed by atoms with Gasteiger partial charge in [-0.05, 0) is 12.8 Å². The van der Waals surface area contributed by atoms with Crippen molar-refractivity contribution in [3.8, 4) is 0 Å². The van der Waals surface area contributed by atoms with E-state index in [1.165, 1.54) is 6.08 Å². The molecule has 1 nitrogen and oxygen atoms in total. The predicted octanol–water partition coefficient (Wildman–Crippen LogP) is 3.25. The van der Waals surface area contributed by atoms with Crippen molar-refractivity contribution in [3.05, 3.63) is 12.7 Å². The lowest BCUT2D eigenvalue weighted by Gasteiger charge is -2.33. The molecule has 0 amide bonds. The van der Waals surface area contributed by atoms with Crippen LogP contribution < -0.4 is 0 Å². The van der Waals surface area contributed by atoms with Crippen LogP contribution in [0, 0.1) is 5.41 Å². The van der Waals surface area contributed by atoms with E-state index in [-0.39, 0.29) is 12.8 Å². The normalized spacial score (nSPS) is 21.6. The van der Waals surface area contributed by atoms with Crippen LogP contribution in [0.4, 0.5) is 13.2 Å². The minimum atomic E-state index is -4.73. The molecular formula is C10H13F3O. The average Bonchev–Trinajstić information content (AvgIpc) is 2.16. The van der Waals surface area contributed by atoms with E-state index in [4.69, 9.17) is 0 Å². The maximum Gasteiger partial charge on any atom is 0.450 e. The molecule has 0 aromatic rings. The van der Waals surface area contributed by atoms with E-state index in [0.29, 0.717) is 12.8 Å². The summed E-state index contributed by atoms with van der Waals surface area (Å²) in [5, 5.41) is 0. The van der Waals surface area contributed by atoms with Crippen molar-refractivity contribution >= 4 is 5.78 Å². The van der Waals surface area contributed by atoms with Gasteiger partial charge in [0.25, 0.3) is 0 Å². The minimum Gasteiger partial charge on any atom is -0.289 e. The lowest BCUT2D eigenvalue weighted by Crippen LogP contribution is -2.40. The third kappa shape index (κ3) is 1.99. The van der Waals surface area contributed by atoms with Gasteiger partial charge >= 0.3 is 6.18 Å². The van der Waals surface area contributed by atoms with Crippen LogP contribution in [0.2, 0.25) is 0 Å². The zero-order valence-electron chi connectivity index (χ0n) is 7.86. The first-order chi connectivity index (χ1) is 6.42. The van der Waals surface area contributed by atoms with E-state index in [9.17, 15) is 18.0 Å². The van der Waals surface area contributed by atoms with E-state index < -0.39 is 17.4 Å². The highest BCUT2D eigenvalue weighted by Crippen LogP contribution is 2.42. The number of ketones is 1. The summed E-state index contributed by atoms with van der Waals surface area (Å²) >= 11 is 0. The Morgan fingerprint density at radius 2 is 1.71 bits per heavy atom. The number of rotatable bonds is 2. The first kappa shape index (κ1) is 11.3. The zero-order chi connectivity index (χ0) is 10.8. The van der Waals surface area contributed by atoms with Gasteiger partial charge in [0.2, 0.25) is 5.78 Å². The molecule has 1 saturated carbocycles. The number of carbonyl (C=O) groups excluding carboxylic acids is 1. The summed E-state index contributed by atoms with van der Waals surface area (Å²) in [6.07, 6.45) is -0.723. The number of hydrogen-bond donors (Lipinski definition) is 0. The van der Waals surface area contributed by atoms with Crippen molar-refractivity contribution in [1.82, 2.24) is 0 Å². The molecule has 0 N–H and O–H groups in total. The van der Waals surface area contributed by atoms with Gasteiger partial charge in [0.1, 0.15) is 0 Å². The minimum absolute atomic E-state index is 0.287. The van der Waals surface area contributed by atoms with Gasteiger partial charge in [0, 0.05) is 0 Å². The molecule has 0 saturated heterocycles. The van der Waals surface area contributed by atoms with Crippen molar-refractivity contribution < 1.29 is 18.0 Å². The molecule has 1 aliphatic rings. The second kappa shape index (κ2) is 3.75. The molecule has 0 radical (unpaired) electrons. The molecule has 0 spiro atoms. The molecule has 0 atom stereocenters. The van der Waals surface area contributed by atoms with Gasteiger partial charge in [-0.15, -0.1) is 6.58 Å². The maximum absolute atomic E-state index is 12.3. The molecule has 0 aliphatic heterocycles. The Kier molecular flexibility index (Phi) is 3.02. The Morgan fingerprint density at radius 1 is 1.21 bits per heavy atom. The van der Waals surface area contributed by atoms with E-state index >= 15 is 0 Å². The summed E-state index contributed by atoms with van der Waals surface area (Å²) < 4.78 is 36.8. The van der Waals surface area contributed by atoms with Crippen LogP contribution in [-0.2, 0) is 4.79 Å². The lowest BCUT2D eigenvalue weighted by atomic mass is 9.71. The molecule has 1 aliphatic carbocycles. The zero-order valence-corrected chi connectivity index (χ0v) is 7.86. The summed E-state index contributed by atoms with van der Waals surface area (Å²) in [6.45, 7) is 3.37. The number of hydrogen-bond acceptors (Lipinski definition) is 1. The van der Waals surface area contributed by atoms with Crippen LogP contribution in [0.15, 0.2) is 12.7 Å². The topological polar surface area (TPSA) is 17.1 Å². The van der Waals surface area contributed by atoms with E-state index in [1.807, 2.05) is 0 Å². The molecular weight excluding hydrogens is 193 g/mol. The molecule has 0 heterocycles. The first-order valence-corrected chi connectivity index (χ1v) is 4.68. The largest absolute Gasteiger partial charge is 0.450 e. The number of Topliss-reactive ketones (excluding diaryl/α,β-unsaturated/α-hetero) is 1. The Balaban J connectivity index is 2.89. The fourth-order valence-electron chi connectivity index (χ4n) is 1.99. The van der Waals surface area contributed by atoms with Gasteiger partial charge in [-0.1, -0.05) is 25.3 Å². The molecule has 0 aromatic heterocycles. The van der Waals surface area contributed by atoms with Crippen molar-refractivity contribution in [3.63, 3.8) is 0 Å². The van der Waals surface area contributed by atoms with Crippen LogP contribution in [0.1, 0.15) is 32.1 Å². The van der Waals surface area contributed by atoms with Crippen molar-refractivity contribution in [2.45, 2.75) is 38.3 Å². The Labute approximate surface area is 81.0 Å². The second-order valence-electron chi connectivity index (χ2n) is 3.75. The predicted molar refractivity (Wildman–Crippen MR) is 46.8 cm³/mol. The number of carbonyl (C=O) groups is 1. The summed E-state index contributed by atoms with van der Waals surface area (Å²) in [4.78, 5) is 11.2. The third-order valence-electron chi connectivity index (χ3n) is 2.85. The number of halogens is 3. The standard InChI is InChI=1S/C10H13F3O/c1-2-9(6-4-3-5-7-9)8(14)10(11,12)13/h2H,1,3-7H2. The van der Waals surface area contributed by atoms with Crippen LogP contribution in [0.5, 0.6) is 0 Å². The van der Waals surface area contributed by atoms with Gasteiger partial charge in [-0.25, -0.2) is 0 Å². The quantitative estimate of drug-likeness (QED) is 0.634. The van der Waals surface area contributed by atoms with E-state index in [0.717, 1.165) is 6.42 Å². The molecule has 0 unspecified atom stereocenters. The number of allylic oxidation sites excluding steroid dienone is 1. The van der Waals surface area contributed by atoms with Crippen molar-refractivity contribution in [2.24, 2.45) is 5.41 Å². The average molecular weight is 206 g/mol. The van der Waals surface area contributed by atoms with Crippen molar-refractivity contribution in [2.75, 3.05) is 0 Å². The van der Waals surface area contributed by atoms with E-state index in [2.05, 4.69) is 6.58 Å². The van der Waals surface area contributed by atoms with Gasteiger partial charge < -0.3 is 0 Å². The lowest BCUT2D eigenvalue weighted by molar-refractivity contribution is -0.181. The van der Waals surface area contributed by atoms with E-state index in [1.54, 1.807) is 0 Å². The number of alkyl halides is 3. The fraction of sp³-hybridized carbons (Fsp3) is 0.700. The van der Waals surface area contributed by atoms with Crippen LogP contribution in [-0.4, -0.2) is 12.0 Å². The summed E-state index contributed by atoms with van der Waals surface area (Å²) in [5.74, 6) is -1.63. The SMILES string of the molecule is C=CC1(C(=O)C(F)(F)F)CCCCC1. The van der Waals surface area contributed by atoms with Crippen LogP contribution in [0.3, 0.4) is 0 Å². The molecule has 80 valence electrons. The highest BCUT2D eigenvalue weighted by molar-refractivity contribution is 5.91. The highest BCUT2D eigenvalue weighted by atomic mass is 19.4. The summed E-state index contributed by atoms with van der Waals surface area (Å²) in [7, 11) is 0. The third-order valence-corrected chi connectivity index (χ3v) is 2.85. The highest BCUT2D eigenvalue weighted by Gasteiger charge is 2.51. The molecule has 14 heavy (non-hydrogen) atoms. The Morgan fingerprint density at radius 3 is 2.07 bits per heavy atom. The summed E-state index contributed by atoms with van der Waals surface area (Å²) in [6, 6.07) is 0. The Hall–Kier alpha value is -0.800. The van der Waals surface area contributed by atoms with Crippen LogP contribution >= 0.6 is 0 Å². The molecule has 1 rings (SSSR count). The fourth-order valence-corrected chi connectivity index (χ4v) is 1.99. The van der Waals surface area contributed by atoms with Gasteiger partial charge in [0.05, 0.1) is 5.41 Å². The molecule has 1 fully saturated rings. The van der Waals surface area contributed by atoms with Gasteiger partial charge in [0.15, 0.2) is 0 Å². The van der Waals surface area contributed by atoms with Crippen LogP contribution in [0.25, 0.3) is 0 Å². The van der Waals surface area contributed by atoms with Gasteiger partial charge in [-0.2, -0.15) is 13.2 Å². The molecule has 0 bridgehead atoms. The van der Waals surface area contributed by atoms with Crippen molar-refractivity contribution in [1.29, 1.82) is 0 Å². The maximum atomic E-state index is 12.3. The second-order valence-corrected chi connectivity index (χ2v) is 3.75. The monoisotopic (exact) mass is 206 g/mol. The summed E-state index contributed by atoms with van der Waals surface area (Å²) in [5.41, 5.74) is -1.34. The Bertz CT molecular complexity index is 236. The van der Waals surface area contributed by atoms with Gasteiger partial charge in [-0.3, -0.25) is 4.79 Å².